The lowest BCUT2D eigenvalue weighted by molar-refractivity contribution is 0.787. The molecule has 0 spiro atoms. The SMILES string of the molecule is CN[Si](NC)(C(C)C)C(C)C. The van der Waals surface area contributed by atoms with Crippen molar-refractivity contribution >= 4 is 8.40 Å². The van der Waals surface area contributed by atoms with Crippen LogP contribution in [0.1, 0.15) is 27.7 Å². The highest BCUT2D eigenvalue weighted by atomic mass is 28.3. The largest absolute Gasteiger partial charge is 0.328 e. The Morgan fingerprint density at radius 1 is 0.818 bits per heavy atom. The standard InChI is InChI=1S/C8H22N2Si/c1-7(2)11(9-5,10-6)8(3)4/h7-10H,1-6H3. The van der Waals surface area contributed by atoms with Gasteiger partial charge in [0.2, 0.25) is 8.40 Å². The molecule has 0 aliphatic carbocycles. The minimum Gasteiger partial charge on any atom is -0.328 e. The van der Waals surface area contributed by atoms with E-state index in [1.165, 1.54) is 0 Å². The second-order valence-corrected chi connectivity index (χ2v) is 8.73. The third-order valence-electron chi connectivity index (χ3n) is 2.65. The molecule has 2 N–H and O–H groups in total. The summed E-state index contributed by atoms with van der Waals surface area (Å²) in [6.45, 7) is 9.16. The molecule has 0 aromatic rings. The maximum absolute atomic E-state index is 3.49. The fraction of sp³-hybridized carbons (Fsp3) is 1.00. The molecule has 11 heavy (non-hydrogen) atoms. The van der Waals surface area contributed by atoms with E-state index in [1.807, 2.05) is 0 Å². The second kappa shape index (κ2) is 4.23. The summed E-state index contributed by atoms with van der Waals surface area (Å²) in [6, 6.07) is 0. The average molecular weight is 174 g/mol. The van der Waals surface area contributed by atoms with Gasteiger partial charge >= 0.3 is 0 Å². The number of rotatable bonds is 4. The van der Waals surface area contributed by atoms with Gasteiger partial charge in [-0.25, -0.2) is 0 Å². The third kappa shape index (κ3) is 2.04. The van der Waals surface area contributed by atoms with Gasteiger partial charge in [0, 0.05) is 0 Å². The highest BCUT2D eigenvalue weighted by molar-refractivity contribution is 6.77. The van der Waals surface area contributed by atoms with Crippen LogP contribution in [0.3, 0.4) is 0 Å². The lowest BCUT2D eigenvalue weighted by Crippen LogP contribution is -2.64. The molecule has 0 saturated heterocycles. The van der Waals surface area contributed by atoms with E-state index in [9.17, 15) is 0 Å². The molecule has 3 heteroatoms. The smallest absolute Gasteiger partial charge is 0.206 e. The first-order valence-corrected chi connectivity index (χ1v) is 6.54. The van der Waals surface area contributed by atoms with Crippen molar-refractivity contribution in [2.45, 2.75) is 38.8 Å². The van der Waals surface area contributed by atoms with Gasteiger partial charge in [-0.15, -0.1) is 0 Å². The van der Waals surface area contributed by atoms with Crippen molar-refractivity contribution < 1.29 is 0 Å². The van der Waals surface area contributed by atoms with Crippen molar-refractivity contribution in [3.8, 4) is 0 Å². The Morgan fingerprint density at radius 2 is 1.09 bits per heavy atom. The van der Waals surface area contributed by atoms with Crippen molar-refractivity contribution in [3.05, 3.63) is 0 Å². The van der Waals surface area contributed by atoms with Crippen LogP contribution >= 0.6 is 0 Å². The van der Waals surface area contributed by atoms with Crippen LogP contribution in [-0.4, -0.2) is 22.5 Å². The molecule has 68 valence electrons. The van der Waals surface area contributed by atoms with Crippen LogP contribution < -0.4 is 9.96 Å². The van der Waals surface area contributed by atoms with Crippen molar-refractivity contribution in [2.24, 2.45) is 0 Å². The number of nitrogens with one attached hydrogen (secondary N) is 2. The second-order valence-electron chi connectivity index (χ2n) is 3.68. The fourth-order valence-corrected chi connectivity index (χ4v) is 5.84. The van der Waals surface area contributed by atoms with Crippen LogP contribution in [0.15, 0.2) is 0 Å². The summed E-state index contributed by atoms with van der Waals surface area (Å²) in [6.07, 6.45) is 0. The maximum Gasteiger partial charge on any atom is 0.206 e. The van der Waals surface area contributed by atoms with Crippen LogP contribution in [-0.2, 0) is 0 Å². The summed E-state index contributed by atoms with van der Waals surface area (Å²) in [5.41, 5.74) is 1.47. The first-order chi connectivity index (χ1) is 5.01. The lowest BCUT2D eigenvalue weighted by atomic mass is 10.5. The molecule has 2 nitrogen and oxygen atoms in total. The maximum atomic E-state index is 3.49. The van der Waals surface area contributed by atoms with Gasteiger partial charge < -0.3 is 9.96 Å². The predicted molar refractivity (Wildman–Crippen MR) is 54.1 cm³/mol. The normalized spacial score (nSPS) is 13.1. The Balaban J connectivity index is 4.46. The molecule has 0 amide bonds. The van der Waals surface area contributed by atoms with Crippen molar-refractivity contribution in [1.82, 2.24) is 9.96 Å². The van der Waals surface area contributed by atoms with Crippen LogP contribution in [0.2, 0.25) is 11.1 Å². The Kier molecular flexibility index (Phi) is 4.29. The molecule has 0 heterocycles. The third-order valence-corrected chi connectivity index (χ3v) is 7.95. The van der Waals surface area contributed by atoms with Gasteiger partial charge in [0.25, 0.3) is 0 Å². The summed E-state index contributed by atoms with van der Waals surface area (Å²) in [5.74, 6) is 0. The highest BCUT2D eigenvalue weighted by Crippen LogP contribution is 2.25. The van der Waals surface area contributed by atoms with E-state index in [4.69, 9.17) is 0 Å². The van der Waals surface area contributed by atoms with Gasteiger partial charge in [-0.2, -0.15) is 0 Å². The van der Waals surface area contributed by atoms with E-state index in [1.54, 1.807) is 0 Å². The molecule has 0 fully saturated rings. The van der Waals surface area contributed by atoms with E-state index in [0.29, 0.717) is 0 Å². The average Bonchev–Trinajstić information content (AvgIpc) is 1.90. The molecule has 0 atom stereocenters. The van der Waals surface area contributed by atoms with E-state index in [0.717, 1.165) is 11.1 Å². The van der Waals surface area contributed by atoms with Gasteiger partial charge in [0.1, 0.15) is 0 Å². The Hall–Kier alpha value is 0.137. The summed E-state index contributed by atoms with van der Waals surface area (Å²) < 4.78 is 0. The van der Waals surface area contributed by atoms with Crippen LogP contribution in [0.4, 0.5) is 0 Å². The zero-order chi connectivity index (χ0) is 9.07. The Morgan fingerprint density at radius 3 is 1.09 bits per heavy atom. The minimum absolute atomic E-state index is 0.734. The topological polar surface area (TPSA) is 24.1 Å². The molecule has 0 bridgehead atoms. The van der Waals surface area contributed by atoms with Crippen LogP contribution in [0.5, 0.6) is 0 Å². The molecule has 0 aromatic carbocycles. The Bertz CT molecular complexity index is 98.7. The van der Waals surface area contributed by atoms with E-state index < -0.39 is 8.40 Å². The molecule has 0 radical (unpaired) electrons. The van der Waals surface area contributed by atoms with E-state index in [-0.39, 0.29) is 0 Å². The molecular weight excluding hydrogens is 152 g/mol. The van der Waals surface area contributed by atoms with Gasteiger partial charge in [-0.3, -0.25) is 0 Å². The van der Waals surface area contributed by atoms with E-state index >= 15 is 0 Å². The molecular formula is C8H22N2Si. The quantitative estimate of drug-likeness (QED) is 0.634. The zero-order valence-corrected chi connectivity index (χ0v) is 9.65. The van der Waals surface area contributed by atoms with Gasteiger partial charge in [0.05, 0.1) is 0 Å². The zero-order valence-electron chi connectivity index (χ0n) is 8.65. The monoisotopic (exact) mass is 174 g/mol. The van der Waals surface area contributed by atoms with Gasteiger partial charge in [-0.05, 0) is 25.2 Å². The molecule has 0 unspecified atom stereocenters. The fourth-order valence-electron chi connectivity index (χ4n) is 1.95. The first kappa shape index (κ1) is 11.1. The molecule has 0 saturated carbocycles. The predicted octanol–water partition coefficient (Wildman–Crippen LogP) is 1.69. The first-order valence-electron chi connectivity index (χ1n) is 4.39. The molecule has 0 aromatic heterocycles. The van der Waals surface area contributed by atoms with Crippen LogP contribution in [0, 0.1) is 0 Å². The lowest BCUT2D eigenvalue weighted by Gasteiger charge is -2.37. The summed E-state index contributed by atoms with van der Waals surface area (Å²) in [5, 5.41) is 0. The van der Waals surface area contributed by atoms with E-state index in [2.05, 4.69) is 51.8 Å². The number of hydrogen-bond donors (Lipinski definition) is 2. The highest BCUT2D eigenvalue weighted by Gasteiger charge is 2.37. The summed E-state index contributed by atoms with van der Waals surface area (Å²) in [7, 11) is 2.75. The summed E-state index contributed by atoms with van der Waals surface area (Å²) in [4.78, 5) is 6.98. The van der Waals surface area contributed by atoms with Crippen LogP contribution in [0.25, 0.3) is 0 Å². The molecule has 0 rings (SSSR count). The molecule has 0 aliphatic heterocycles. The van der Waals surface area contributed by atoms with Gasteiger partial charge in [-0.1, -0.05) is 27.7 Å². The summed E-state index contributed by atoms with van der Waals surface area (Å²) >= 11 is 0. The Labute approximate surface area is 71.9 Å². The van der Waals surface area contributed by atoms with Crippen molar-refractivity contribution in [2.75, 3.05) is 14.1 Å². The van der Waals surface area contributed by atoms with Crippen molar-refractivity contribution in [3.63, 3.8) is 0 Å². The molecule has 0 aliphatic rings. The number of hydrogen-bond acceptors (Lipinski definition) is 2. The van der Waals surface area contributed by atoms with Gasteiger partial charge in [0.15, 0.2) is 0 Å². The minimum atomic E-state index is -1.40. The van der Waals surface area contributed by atoms with Crippen molar-refractivity contribution in [1.29, 1.82) is 0 Å².